The molecule has 0 aliphatic heterocycles. The first kappa shape index (κ1) is 9.72. The van der Waals surface area contributed by atoms with Gasteiger partial charge in [0.25, 0.3) is 0 Å². The SMILES string of the molecule is CCc1cccc(C2CCC(N)C2)c1. The van der Waals surface area contributed by atoms with Gasteiger partial charge >= 0.3 is 0 Å². The van der Waals surface area contributed by atoms with Gasteiger partial charge in [0.1, 0.15) is 0 Å². The molecule has 1 aromatic carbocycles. The van der Waals surface area contributed by atoms with E-state index in [9.17, 15) is 0 Å². The van der Waals surface area contributed by atoms with Crippen LogP contribution in [-0.4, -0.2) is 6.04 Å². The molecule has 0 bridgehead atoms. The van der Waals surface area contributed by atoms with Crippen LogP contribution in [0.3, 0.4) is 0 Å². The second-order valence-electron chi connectivity index (χ2n) is 4.37. The van der Waals surface area contributed by atoms with Gasteiger partial charge in [-0.25, -0.2) is 0 Å². The predicted molar refractivity (Wildman–Crippen MR) is 60.4 cm³/mol. The zero-order valence-electron chi connectivity index (χ0n) is 8.87. The summed E-state index contributed by atoms with van der Waals surface area (Å²) in [6.45, 7) is 2.21. The molecule has 1 heteroatoms. The normalized spacial score (nSPS) is 26.7. The van der Waals surface area contributed by atoms with Crippen molar-refractivity contribution in [2.75, 3.05) is 0 Å². The minimum Gasteiger partial charge on any atom is -0.328 e. The highest BCUT2D eigenvalue weighted by atomic mass is 14.6. The Labute approximate surface area is 86.3 Å². The zero-order chi connectivity index (χ0) is 9.97. The third-order valence-electron chi connectivity index (χ3n) is 3.30. The van der Waals surface area contributed by atoms with Crippen molar-refractivity contribution in [1.29, 1.82) is 0 Å². The van der Waals surface area contributed by atoms with Gasteiger partial charge in [-0.1, -0.05) is 31.2 Å². The highest BCUT2D eigenvalue weighted by molar-refractivity contribution is 5.27. The molecule has 0 amide bonds. The van der Waals surface area contributed by atoms with Gasteiger partial charge in [0.05, 0.1) is 0 Å². The summed E-state index contributed by atoms with van der Waals surface area (Å²) < 4.78 is 0. The fourth-order valence-corrected chi connectivity index (χ4v) is 2.39. The van der Waals surface area contributed by atoms with Crippen molar-refractivity contribution in [3.05, 3.63) is 35.4 Å². The monoisotopic (exact) mass is 189 g/mol. The van der Waals surface area contributed by atoms with Crippen LogP contribution >= 0.6 is 0 Å². The van der Waals surface area contributed by atoms with E-state index in [0.717, 1.165) is 12.3 Å². The number of aryl methyl sites for hydroxylation is 1. The standard InChI is InChI=1S/C13H19N/c1-2-10-4-3-5-11(8-10)12-6-7-13(14)9-12/h3-5,8,12-13H,2,6-7,9,14H2,1H3. The molecular weight excluding hydrogens is 170 g/mol. The lowest BCUT2D eigenvalue weighted by Gasteiger charge is -2.10. The molecule has 2 N–H and O–H groups in total. The fourth-order valence-electron chi connectivity index (χ4n) is 2.39. The van der Waals surface area contributed by atoms with Crippen LogP contribution in [0.1, 0.15) is 43.2 Å². The molecule has 1 saturated carbocycles. The maximum absolute atomic E-state index is 5.93. The smallest absolute Gasteiger partial charge is 0.00448 e. The van der Waals surface area contributed by atoms with Crippen LogP contribution in [0.5, 0.6) is 0 Å². The van der Waals surface area contributed by atoms with Gasteiger partial charge in [0, 0.05) is 6.04 Å². The van der Waals surface area contributed by atoms with Crippen LogP contribution in [0.4, 0.5) is 0 Å². The summed E-state index contributed by atoms with van der Waals surface area (Å²) in [5, 5.41) is 0. The third kappa shape index (κ3) is 1.98. The summed E-state index contributed by atoms with van der Waals surface area (Å²) in [7, 11) is 0. The number of rotatable bonds is 2. The predicted octanol–water partition coefficient (Wildman–Crippen LogP) is 2.84. The Bertz CT molecular complexity index is 306. The van der Waals surface area contributed by atoms with Crippen molar-refractivity contribution in [2.24, 2.45) is 5.73 Å². The van der Waals surface area contributed by atoms with Gasteiger partial charge in [0.15, 0.2) is 0 Å². The van der Waals surface area contributed by atoms with Gasteiger partial charge < -0.3 is 5.73 Å². The van der Waals surface area contributed by atoms with E-state index >= 15 is 0 Å². The largest absolute Gasteiger partial charge is 0.328 e. The Hall–Kier alpha value is -0.820. The van der Waals surface area contributed by atoms with Crippen molar-refractivity contribution in [3.63, 3.8) is 0 Å². The second kappa shape index (κ2) is 4.14. The molecule has 1 aromatic rings. The molecule has 1 fully saturated rings. The van der Waals surface area contributed by atoms with E-state index in [-0.39, 0.29) is 0 Å². The molecule has 2 rings (SSSR count). The fraction of sp³-hybridized carbons (Fsp3) is 0.538. The van der Waals surface area contributed by atoms with E-state index in [1.807, 2.05) is 0 Å². The van der Waals surface area contributed by atoms with E-state index in [1.54, 1.807) is 0 Å². The average Bonchev–Trinajstić information content (AvgIpc) is 2.65. The average molecular weight is 189 g/mol. The lowest BCUT2D eigenvalue weighted by molar-refractivity contribution is 0.674. The van der Waals surface area contributed by atoms with E-state index in [0.29, 0.717) is 6.04 Å². The zero-order valence-corrected chi connectivity index (χ0v) is 8.87. The maximum atomic E-state index is 5.93. The first-order chi connectivity index (χ1) is 6.79. The molecule has 2 atom stereocenters. The molecule has 14 heavy (non-hydrogen) atoms. The number of hydrogen-bond acceptors (Lipinski definition) is 1. The Morgan fingerprint density at radius 2 is 2.21 bits per heavy atom. The number of benzene rings is 1. The summed E-state index contributed by atoms with van der Waals surface area (Å²) in [6, 6.07) is 9.42. The molecule has 1 aliphatic rings. The van der Waals surface area contributed by atoms with Crippen LogP contribution in [0.25, 0.3) is 0 Å². The molecule has 1 aliphatic carbocycles. The lowest BCUT2D eigenvalue weighted by Crippen LogP contribution is -2.14. The highest BCUT2D eigenvalue weighted by Gasteiger charge is 2.22. The molecule has 76 valence electrons. The van der Waals surface area contributed by atoms with Gasteiger partial charge in [0.2, 0.25) is 0 Å². The second-order valence-corrected chi connectivity index (χ2v) is 4.37. The molecule has 0 radical (unpaired) electrons. The molecule has 0 heterocycles. The van der Waals surface area contributed by atoms with Crippen molar-refractivity contribution in [2.45, 2.75) is 44.6 Å². The van der Waals surface area contributed by atoms with Gasteiger partial charge in [-0.05, 0) is 42.7 Å². The molecule has 0 saturated heterocycles. The molecular formula is C13H19N. The maximum Gasteiger partial charge on any atom is 0.00448 e. The first-order valence-electron chi connectivity index (χ1n) is 5.64. The minimum atomic E-state index is 0.435. The Kier molecular flexibility index (Phi) is 2.87. The summed E-state index contributed by atoms with van der Waals surface area (Å²) in [6.07, 6.45) is 4.77. The first-order valence-corrected chi connectivity index (χ1v) is 5.64. The van der Waals surface area contributed by atoms with Crippen LogP contribution in [0, 0.1) is 0 Å². The topological polar surface area (TPSA) is 26.0 Å². The lowest BCUT2D eigenvalue weighted by atomic mass is 9.95. The molecule has 0 aromatic heterocycles. The van der Waals surface area contributed by atoms with Crippen LogP contribution in [0.2, 0.25) is 0 Å². The van der Waals surface area contributed by atoms with E-state index in [1.165, 1.54) is 30.4 Å². The molecule has 2 unspecified atom stereocenters. The van der Waals surface area contributed by atoms with Crippen LogP contribution < -0.4 is 5.73 Å². The van der Waals surface area contributed by atoms with Crippen molar-refractivity contribution >= 4 is 0 Å². The third-order valence-corrected chi connectivity index (χ3v) is 3.30. The van der Waals surface area contributed by atoms with E-state index in [4.69, 9.17) is 5.73 Å². The minimum absolute atomic E-state index is 0.435. The Balaban J connectivity index is 2.15. The summed E-state index contributed by atoms with van der Waals surface area (Å²) >= 11 is 0. The number of hydrogen-bond donors (Lipinski definition) is 1. The quantitative estimate of drug-likeness (QED) is 0.760. The van der Waals surface area contributed by atoms with Gasteiger partial charge in [-0.15, -0.1) is 0 Å². The molecule has 0 spiro atoms. The van der Waals surface area contributed by atoms with Crippen molar-refractivity contribution < 1.29 is 0 Å². The summed E-state index contributed by atoms with van der Waals surface area (Å²) in [4.78, 5) is 0. The van der Waals surface area contributed by atoms with Crippen LogP contribution in [0.15, 0.2) is 24.3 Å². The summed E-state index contributed by atoms with van der Waals surface area (Å²) in [5.74, 6) is 0.719. The van der Waals surface area contributed by atoms with Crippen molar-refractivity contribution in [3.8, 4) is 0 Å². The van der Waals surface area contributed by atoms with E-state index < -0.39 is 0 Å². The van der Waals surface area contributed by atoms with Crippen molar-refractivity contribution in [1.82, 2.24) is 0 Å². The van der Waals surface area contributed by atoms with E-state index in [2.05, 4.69) is 31.2 Å². The van der Waals surface area contributed by atoms with Crippen LogP contribution in [-0.2, 0) is 6.42 Å². The van der Waals surface area contributed by atoms with Gasteiger partial charge in [-0.2, -0.15) is 0 Å². The summed E-state index contributed by atoms with van der Waals surface area (Å²) in [5.41, 5.74) is 8.88. The highest BCUT2D eigenvalue weighted by Crippen LogP contribution is 2.33. The van der Waals surface area contributed by atoms with Gasteiger partial charge in [-0.3, -0.25) is 0 Å². The molecule has 1 nitrogen and oxygen atoms in total. The number of nitrogens with two attached hydrogens (primary N) is 1. The Morgan fingerprint density at radius 1 is 1.36 bits per heavy atom. The Morgan fingerprint density at radius 3 is 2.86 bits per heavy atom.